The van der Waals surface area contributed by atoms with Crippen molar-refractivity contribution in [2.75, 3.05) is 13.7 Å². The van der Waals surface area contributed by atoms with Crippen molar-refractivity contribution in [3.05, 3.63) is 46.6 Å². The Balaban J connectivity index is 1.76. The predicted octanol–water partition coefficient (Wildman–Crippen LogP) is 4.13. The molecule has 0 spiro atoms. The van der Waals surface area contributed by atoms with Crippen molar-refractivity contribution >= 4 is 34.1 Å². The first-order valence-corrected chi connectivity index (χ1v) is 13.4. The fourth-order valence-electron chi connectivity index (χ4n) is 4.27. The molecule has 202 valence electrons. The predicted molar refractivity (Wildman–Crippen MR) is 149 cm³/mol. The van der Waals surface area contributed by atoms with Gasteiger partial charge in [0.25, 0.3) is 5.91 Å². The molecule has 0 fully saturated rings. The molecule has 2 atom stereocenters. The van der Waals surface area contributed by atoms with Gasteiger partial charge in [-0.2, -0.15) is 0 Å². The van der Waals surface area contributed by atoms with Gasteiger partial charge in [-0.25, -0.2) is 9.97 Å². The second-order valence-electron chi connectivity index (χ2n) is 10.9. The van der Waals surface area contributed by atoms with Crippen LogP contribution in [-0.4, -0.2) is 52.5 Å². The van der Waals surface area contributed by atoms with E-state index in [2.05, 4.69) is 13.8 Å². The molecular weight excluding hydrogens is 502 g/mol. The van der Waals surface area contributed by atoms with Crippen LogP contribution in [0.5, 0.6) is 11.5 Å². The molecule has 4 rings (SSSR count). The molecule has 0 saturated heterocycles. The number of aryl methyl sites for hydroxylation is 1. The zero-order valence-electron chi connectivity index (χ0n) is 22.9. The van der Waals surface area contributed by atoms with Crippen molar-refractivity contribution in [1.82, 2.24) is 14.9 Å². The summed E-state index contributed by atoms with van der Waals surface area (Å²) in [6, 6.07) is 4.79. The molecule has 0 saturated carbocycles. The van der Waals surface area contributed by atoms with Gasteiger partial charge in [0, 0.05) is 22.4 Å². The number of nitrogens with two attached hydrogens (primary N) is 2. The van der Waals surface area contributed by atoms with E-state index < -0.39 is 23.5 Å². The van der Waals surface area contributed by atoms with Crippen LogP contribution in [0, 0.1) is 12.3 Å². The summed E-state index contributed by atoms with van der Waals surface area (Å²) in [6.45, 7) is 11.9. The number of benzene rings is 1. The van der Waals surface area contributed by atoms with Crippen molar-refractivity contribution in [1.29, 1.82) is 0 Å². The van der Waals surface area contributed by atoms with Gasteiger partial charge < -0.3 is 25.8 Å². The maximum absolute atomic E-state index is 13.2. The van der Waals surface area contributed by atoms with Gasteiger partial charge in [-0.15, -0.1) is 11.3 Å². The van der Waals surface area contributed by atoms with Crippen LogP contribution >= 0.6 is 11.3 Å². The van der Waals surface area contributed by atoms with Crippen LogP contribution in [0.1, 0.15) is 51.8 Å². The topological polar surface area (TPSA) is 134 Å². The Labute approximate surface area is 226 Å². The normalized spacial score (nSPS) is 16.6. The highest BCUT2D eigenvalue weighted by Crippen LogP contribution is 2.37. The van der Waals surface area contributed by atoms with Crippen LogP contribution in [0.2, 0.25) is 0 Å². The van der Waals surface area contributed by atoms with Crippen LogP contribution in [0.15, 0.2) is 35.4 Å². The van der Waals surface area contributed by atoms with Crippen molar-refractivity contribution in [3.8, 4) is 22.2 Å². The fourth-order valence-corrected chi connectivity index (χ4v) is 5.21. The van der Waals surface area contributed by atoms with Crippen molar-refractivity contribution in [3.63, 3.8) is 0 Å². The summed E-state index contributed by atoms with van der Waals surface area (Å²) in [5.41, 5.74) is 14.7. The Hall–Kier alpha value is -3.50. The molecular formula is C28H35N5O4S. The highest BCUT2D eigenvalue weighted by molar-refractivity contribution is 7.13. The van der Waals surface area contributed by atoms with Crippen molar-refractivity contribution in [2.45, 2.75) is 59.6 Å². The molecule has 1 aliphatic rings. The summed E-state index contributed by atoms with van der Waals surface area (Å²) < 4.78 is 12.0. The molecule has 0 aliphatic carbocycles. The maximum atomic E-state index is 13.2. The zero-order valence-corrected chi connectivity index (χ0v) is 23.7. The van der Waals surface area contributed by atoms with Gasteiger partial charge in [-0.05, 0) is 36.5 Å². The summed E-state index contributed by atoms with van der Waals surface area (Å²) in [6.07, 6.45) is 0.968. The minimum atomic E-state index is -0.812. The lowest BCUT2D eigenvalue weighted by atomic mass is 9.86. The van der Waals surface area contributed by atoms with E-state index in [1.54, 1.807) is 13.2 Å². The number of primary amides is 1. The average molecular weight is 538 g/mol. The number of hydrogen-bond acceptors (Lipinski definition) is 8. The molecule has 0 radical (unpaired) electrons. The zero-order chi connectivity index (χ0) is 27.9. The summed E-state index contributed by atoms with van der Waals surface area (Å²) in [5, 5.41) is 3.58. The lowest BCUT2D eigenvalue weighted by Crippen LogP contribution is -2.51. The third-order valence-electron chi connectivity index (χ3n) is 6.69. The molecule has 2 unspecified atom stereocenters. The Morgan fingerprint density at radius 1 is 1.18 bits per heavy atom. The Bertz CT molecular complexity index is 1420. The quantitative estimate of drug-likeness (QED) is 0.463. The first-order chi connectivity index (χ1) is 17.8. The van der Waals surface area contributed by atoms with Gasteiger partial charge in [-0.1, -0.05) is 34.6 Å². The number of amides is 2. The number of hydrogen-bond donors (Lipinski definition) is 2. The molecule has 3 heterocycles. The summed E-state index contributed by atoms with van der Waals surface area (Å²) in [5.74, 6) is 0.460. The van der Waals surface area contributed by atoms with E-state index in [4.69, 9.17) is 30.9 Å². The van der Waals surface area contributed by atoms with Crippen LogP contribution in [-0.2, 0) is 9.59 Å². The molecule has 38 heavy (non-hydrogen) atoms. The Kier molecular flexibility index (Phi) is 7.49. The van der Waals surface area contributed by atoms with E-state index in [1.807, 2.05) is 51.3 Å². The van der Waals surface area contributed by atoms with Crippen LogP contribution in [0.25, 0.3) is 21.6 Å². The van der Waals surface area contributed by atoms with E-state index in [0.29, 0.717) is 17.2 Å². The van der Waals surface area contributed by atoms with E-state index in [0.717, 1.165) is 27.2 Å². The lowest BCUT2D eigenvalue weighted by Gasteiger charge is -2.30. The van der Waals surface area contributed by atoms with E-state index in [-0.39, 0.29) is 24.1 Å². The molecule has 9 nitrogen and oxygen atoms in total. The monoisotopic (exact) mass is 537 g/mol. The Morgan fingerprint density at radius 3 is 2.47 bits per heavy atom. The number of carbonyl (C=O) groups is 2. The molecule has 3 aromatic rings. The van der Waals surface area contributed by atoms with Crippen LogP contribution in [0.3, 0.4) is 0 Å². The minimum Gasteiger partial charge on any atom is -0.496 e. The van der Waals surface area contributed by atoms with E-state index >= 15 is 0 Å². The van der Waals surface area contributed by atoms with Gasteiger partial charge in [0.2, 0.25) is 5.91 Å². The third-order valence-corrected chi connectivity index (χ3v) is 7.58. The first kappa shape index (κ1) is 27.5. The minimum absolute atomic E-state index is 0.0811. The summed E-state index contributed by atoms with van der Waals surface area (Å²) in [7, 11) is 1.62. The number of aromatic nitrogens is 2. The summed E-state index contributed by atoms with van der Waals surface area (Å²) >= 11 is 1.52. The number of methoxy groups -OCH3 is 1. The molecule has 1 aromatic carbocycles. The molecule has 0 bridgehead atoms. The number of thiazole rings is 1. The number of nitrogens with zero attached hydrogens (tertiary/aromatic N) is 3. The molecule has 4 N–H and O–H groups in total. The van der Waals surface area contributed by atoms with E-state index in [9.17, 15) is 9.59 Å². The lowest BCUT2D eigenvalue weighted by molar-refractivity contribution is -0.135. The van der Waals surface area contributed by atoms with Gasteiger partial charge in [0.15, 0.2) is 0 Å². The second-order valence-corrected chi connectivity index (χ2v) is 11.7. The highest BCUT2D eigenvalue weighted by atomic mass is 32.1. The maximum Gasteiger partial charge on any atom is 0.265 e. The smallest absolute Gasteiger partial charge is 0.265 e. The highest BCUT2D eigenvalue weighted by Gasteiger charge is 2.38. The number of fused-ring (bicyclic) bond motifs is 1. The molecule has 1 aliphatic heterocycles. The summed E-state index contributed by atoms with van der Waals surface area (Å²) in [4.78, 5) is 36.5. The van der Waals surface area contributed by atoms with Gasteiger partial charge in [-0.3, -0.25) is 9.59 Å². The van der Waals surface area contributed by atoms with Gasteiger partial charge >= 0.3 is 0 Å². The Morgan fingerprint density at radius 2 is 1.89 bits per heavy atom. The first-order valence-electron chi connectivity index (χ1n) is 12.5. The number of pyridine rings is 1. The number of carbonyl (C=O) groups excluding carboxylic acids is 2. The third kappa shape index (κ3) is 5.23. The standard InChI is InChI=1S/C28H35N5O4S/c1-14(2)19-13-38-26(32-19)18-11-22(17-8-9-21(36-7)15(3)23(17)31-18)37-16-10-20(25(30)34)33(12-16)27(35)24(29)28(4,5)6/h8-11,13-14,16,24H,12,29H2,1-7H3,(H2,30,34). The second kappa shape index (κ2) is 10.3. The average Bonchev–Trinajstić information content (AvgIpc) is 3.51. The van der Waals surface area contributed by atoms with Crippen molar-refractivity contribution < 1.29 is 19.1 Å². The number of ether oxygens (including phenoxy) is 2. The molecule has 2 aromatic heterocycles. The number of rotatable bonds is 7. The van der Waals surface area contributed by atoms with E-state index in [1.165, 1.54) is 16.2 Å². The molecule has 2 amide bonds. The van der Waals surface area contributed by atoms with Gasteiger partial charge in [0.1, 0.15) is 34.0 Å². The SMILES string of the molecule is COc1ccc2c(OC3C=C(C(N)=O)N(C(=O)C(N)C(C)(C)C)C3)cc(-c3nc(C(C)C)cs3)nc2c1C. The van der Waals surface area contributed by atoms with Crippen molar-refractivity contribution in [2.24, 2.45) is 16.9 Å². The largest absolute Gasteiger partial charge is 0.496 e. The molecule has 10 heteroatoms. The van der Waals surface area contributed by atoms with Crippen LogP contribution in [0.4, 0.5) is 0 Å². The van der Waals surface area contributed by atoms with Gasteiger partial charge in [0.05, 0.1) is 30.9 Å². The fraction of sp³-hybridized carbons (Fsp3) is 0.429. The van der Waals surface area contributed by atoms with Crippen LogP contribution < -0.4 is 20.9 Å².